The molecule has 1 heterocycles. The van der Waals surface area contributed by atoms with Crippen molar-refractivity contribution in [3.05, 3.63) is 36.0 Å². The molecule has 0 bridgehead atoms. The molecule has 0 radical (unpaired) electrons. The highest BCUT2D eigenvalue weighted by atomic mass is 16.7. The molecule has 0 unspecified atom stereocenters. The molecular formula is C17H21NO6. The van der Waals surface area contributed by atoms with E-state index in [9.17, 15) is 9.59 Å². The third-order valence-corrected chi connectivity index (χ3v) is 3.05. The molecule has 0 spiro atoms. The van der Waals surface area contributed by atoms with E-state index in [1.165, 1.54) is 20.0 Å². The van der Waals surface area contributed by atoms with Crippen molar-refractivity contribution in [2.45, 2.75) is 26.6 Å². The van der Waals surface area contributed by atoms with Crippen LogP contribution >= 0.6 is 0 Å². The molecule has 0 amide bonds. The molecule has 0 saturated carbocycles. The number of cyclic esters (lactones) is 2. The molecule has 0 aromatic heterocycles. The van der Waals surface area contributed by atoms with Crippen LogP contribution < -0.4 is 10.1 Å². The van der Waals surface area contributed by atoms with Crippen molar-refractivity contribution in [3.63, 3.8) is 0 Å². The first-order chi connectivity index (χ1) is 11.4. The van der Waals surface area contributed by atoms with E-state index >= 15 is 0 Å². The number of hydrogen-bond acceptors (Lipinski definition) is 7. The van der Waals surface area contributed by atoms with Crippen molar-refractivity contribution in [2.75, 3.05) is 25.1 Å². The first-order valence-electron chi connectivity index (χ1n) is 7.65. The van der Waals surface area contributed by atoms with Crippen molar-refractivity contribution in [2.24, 2.45) is 0 Å². The highest BCUT2D eigenvalue weighted by Gasteiger charge is 2.38. The normalized spacial score (nSPS) is 16.2. The molecule has 0 aliphatic carbocycles. The summed E-state index contributed by atoms with van der Waals surface area (Å²) < 4.78 is 20.7. The standard InChI is InChI=1S/C17H21NO6/c1-4-21-9-10-22-13-7-5-12(6-8-13)18-11-14-15(19)23-17(2,3)24-16(14)20/h5-8,11,18H,4,9-10H2,1-3H3. The van der Waals surface area contributed by atoms with Crippen LogP contribution in [0.4, 0.5) is 5.69 Å². The number of rotatable bonds is 7. The first kappa shape index (κ1) is 17.8. The minimum atomic E-state index is -1.24. The van der Waals surface area contributed by atoms with Gasteiger partial charge < -0.3 is 24.3 Å². The number of benzene rings is 1. The van der Waals surface area contributed by atoms with Crippen LogP contribution in [0.15, 0.2) is 36.0 Å². The smallest absolute Gasteiger partial charge is 0.350 e. The van der Waals surface area contributed by atoms with Gasteiger partial charge in [-0.05, 0) is 31.2 Å². The summed E-state index contributed by atoms with van der Waals surface area (Å²) >= 11 is 0. The fraction of sp³-hybridized carbons (Fsp3) is 0.412. The summed E-state index contributed by atoms with van der Waals surface area (Å²) in [6.45, 7) is 6.58. The van der Waals surface area contributed by atoms with Gasteiger partial charge in [0, 0.05) is 32.3 Å². The Morgan fingerprint density at radius 1 is 1.08 bits per heavy atom. The molecule has 7 heteroatoms. The van der Waals surface area contributed by atoms with Crippen molar-refractivity contribution in [3.8, 4) is 5.75 Å². The Kier molecular flexibility index (Phi) is 5.81. The maximum absolute atomic E-state index is 11.8. The van der Waals surface area contributed by atoms with Crippen molar-refractivity contribution in [1.29, 1.82) is 0 Å². The lowest BCUT2D eigenvalue weighted by molar-refractivity contribution is -0.222. The number of hydrogen-bond donors (Lipinski definition) is 1. The zero-order chi connectivity index (χ0) is 17.6. The Hall–Kier alpha value is -2.54. The van der Waals surface area contributed by atoms with Crippen LogP contribution in [0.1, 0.15) is 20.8 Å². The molecule has 130 valence electrons. The van der Waals surface area contributed by atoms with E-state index in [0.29, 0.717) is 31.3 Å². The predicted octanol–water partition coefficient (Wildman–Crippen LogP) is 2.23. The van der Waals surface area contributed by atoms with Gasteiger partial charge >= 0.3 is 11.9 Å². The molecule has 1 fully saturated rings. The quantitative estimate of drug-likeness (QED) is 0.354. The van der Waals surface area contributed by atoms with Gasteiger partial charge in [-0.25, -0.2) is 9.59 Å². The van der Waals surface area contributed by atoms with Crippen molar-refractivity contribution < 1.29 is 28.5 Å². The number of ether oxygens (including phenoxy) is 4. The van der Waals surface area contributed by atoms with E-state index in [2.05, 4.69) is 5.32 Å². The van der Waals surface area contributed by atoms with E-state index in [4.69, 9.17) is 18.9 Å². The van der Waals surface area contributed by atoms with Crippen LogP contribution in [0.25, 0.3) is 0 Å². The van der Waals surface area contributed by atoms with Crippen molar-refractivity contribution in [1.82, 2.24) is 0 Å². The van der Waals surface area contributed by atoms with Crippen LogP contribution in [0.5, 0.6) is 5.75 Å². The van der Waals surface area contributed by atoms with E-state index in [1.807, 2.05) is 6.92 Å². The SMILES string of the molecule is CCOCCOc1ccc(NC=C2C(=O)OC(C)(C)OC2=O)cc1. The van der Waals surface area contributed by atoms with E-state index in [-0.39, 0.29) is 5.57 Å². The second kappa shape index (κ2) is 7.83. The summed E-state index contributed by atoms with van der Waals surface area (Å²) in [6.07, 6.45) is 1.27. The number of carbonyl (C=O) groups is 2. The van der Waals surface area contributed by atoms with Crippen LogP contribution in [-0.4, -0.2) is 37.5 Å². The Morgan fingerprint density at radius 2 is 1.71 bits per heavy atom. The fourth-order valence-electron chi connectivity index (χ4n) is 1.94. The van der Waals surface area contributed by atoms with Gasteiger partial charge in [-0.1, -0.05) is 0 Å². The maximum atomic E-state index is 11.8. The Labute approximate surface area is 140 Å². The van der Waals surface area contributed by atoms with Gasteiger partial charge in [0.2, 0.25) is 0 Å². The van der Waals surface area contributed by atoms with Crippen LogP contribution in [-0.2, 0) is 23.8 Å². The molecule has 1 aliphatic heterocycles. The highest BCUT2D eigenvalue weighted by Crippen LogP contribution is 2.23. The lowest BCUT2D eigenvalue weighted by atomic mass is 10.2. The maximum Gasteiger partial charge on any atom is 0.350 e. The molecule has 1 aliphatic rings. The van der Waals surface area contributed by atoms with Gasteiger partial charge in [-0.2, -0.15) is 0 Å². The van der Waals surface area contributed by atoms with Gasteiger partial charge in [-0.3, -0.25) is 0 Å². The minimum Gasteiger partial charge on any atom is -0.491 e. The zero-order valence-electron chi connectivity index (χ0n) is 14.0. The molecule has 1 saturated heterocycles. The summed E-state index contributed by atoms with van der Waals surface area (Å²) in [4.78, 5) is 23.6. The summed E-state index contributed by atoms with van der Waals surface area (Å²) in [5.41, 5.74) is 0.497. The molecule has 1 aromatic rings. The van der Waals surface area contributed by atoms with Crippen molar-refractivity contribution >= 4 is 17.6 Å². The Morgan fingerprint density at radius 3 is 2.29 bits per heavy atom. The molecule has 1 aromatic carbocycles. The Balaban J connectivity index is 1.92. The van der Waals surface area contributed by atoms with Gasteiger partial charge in [0.1, 0.15) is 12.4 Å². The van der Waals surface area contributed by atoms with Gasteiger partial charge in [0.15, 0.2) is 5.57 Å². The summed E-state index contributed by atoms with van der Waals surface area (Å²) in [5.74, 6) is -1.99. The first-order valence-corrected chi connectivity index (χ1v) is 7.65. The average molecular weight is 335 g/mol. The molecule has 24 heavy (non-hydrogen) atoms. The molecule has 0 atom stereocenters. The number of carbonyl (C=O) groups excluding carboxylic acids is 2. The average Bonchev–Trinajstić information content (AvgIpc) is 2.51. The topological polar surface area (TPSA) is 83.1 Å². The molecule has 2 rings (SSSR count). The second-order valence-electron chi connectivity index (χ2n) is 5.45. The molecule has 7 nitrogen and oxygen atoms in total. The third kappa shape index (κ3) is 4.99. The minimum absolute atomic E-state index is 0.189. The van der Waals surface area contributed by atoms with E-state index in [0.717, 1.165) is 0 Å². The number of anilines is 1. The largest absolute Gasteiger partial charge is 0.491 e. The summed E-state index contributed by atoms with van der Waals surface area (Å²) in [6, 6.07) is 7.06. The monoisotopic (exact) mass is 335 g/mol. The van der Waals surface area contributed by atoms with Gasteiger partial charge in [-0.15, -0.1) is 0 Å². The van der Waals surface area contributed by atoms with Gasteiger partial charge in [0.25, 0.3) is 5.79 Å². The Bertz CT molecular complexity index is 598. The van der Waals surface area contributed by atoms with Crippen LogP contribution in [0.2, 0.25) is 0 Å². The lowest BCUT2D eigenvalue weighted by Gasteiger charge is -2.29. The van der Waals surface area contributed by atoms with Crippen LogP contribution in [0, 0.1) is 0 Å². The van der Waals surface area contributed by atoms with E-state index in [1.54, 1.807) is 24.3 Å². The number of nitrogens with one attached hydrogen (secondary N) is 1. The third-order valence-electron chi connectivity index (χ3n) is 3.05. The lowest BCUT2D eigenvalue weighted by Crippen LogP contribution is -2.42. The summed E-state index contributed by atoms with van der Waals surface area (Å²) in [5, 5.41) is 2.86. The fourth-order valence-corrected chi connectivity index (χ4v) is 1.94. The van der Waals surface area contributed by atoms with E-state index < -0.39 is 17.7 Å². The van der Waals surface area contributed by atoms with Crippen LogP contribution in [0.3, 0.4) is 0 Å². The number of esters is 2. The second-order valence-corrected chi connectivity index (χ2v) is 5.45. The zero-order valence-corrected chi connectivity index (χ0v) is 14.0. The summed E-state index contributed by atoms with van der Waals surface area (Å²) in [7, 11) is 0. The predicted molar refractivity (Wildman–Crippen MR) is 86.4 cm³/mol. The van der Waals surface area contributed by atoms with Gasteiger partial charge in [0.05, 0.1) is 6.61 Å². The molecule has 1 N–H and O–H groups in total. The highest BCUT2D eigenvalue weighted by molar-refractivity contribution is 6.15. The molecular weight excluding hydrogens is 314 g/mol.